The third-order valence-electron chi connectivity index (χ3n) is 3.49. The molecule has 0 fully saturated rings. The molecule has 0 spiro atoms. The number of ketones is 1. The zero-order valence-electron chi connectivity index (χ0n) is 11.6. The van der Waals surface area contributed by atoms with Gasteiger partial charge >= 0.3 is 0 Å². The molecule has 0 atom stereocenters. The maximum absolute atomic E-state index is 12.3. The molecule has 0 saturated heterocycles. The van der Waals surface area contributed by atoms with Gasteiger partial charge < -0.3 is 0 Å². The van der Waals surface area contributed by atoms with Crippen LogP contribution in [0.3, 0.4) is 0 Å². The summed E-state index contributed by atoms with van der Waals surface area (Å²) in [6.45, 7) is 5.83. The number of hydrogen-bond acceptors (Lipinski definition) is 2. The Balaban J connectivity index is 2.28. The molecular weight excluding hydrogens is 260 g/mol. The van der Waals surface area contributed by atoms with Crippen molar-refractivity contribution in [3.8, 4) is 0 Å². The fourth-order valence-electron chi connectivity index (χ4n) is 2.10. The van der Waals surface area contributed by atoms with E-state index in [0.717, 1.165) is 22.5 Å². The first-order valence-corrected chi connectivity index (χ1v) is 6.56. The highest BCUT2D eigenvalue weighted by Crippen LogP contribution is 2.20. The summed E-state index contributed by atoms with van der Waals surface area (Å²) in [4.78, 5) is 12.3. The summed E-state index contributed by atoms with van der Waals surface area (Å²) in [6.07, 6.45) is 0.366. The number of rotatable bonds is 3. The molecule has 0 bridgehead atoms. The maximum Gasteiger partial charge on any atom is 0.167 e. The lowest BCUT2D eigenvalue weighted by Gasteiger charge is -2.04. The van der Waals surface area contributed by atoms with Gasteiger partial charge in [-0.2, -0.15) is 5.10 Å². The van der Waals surface area contributed by atoms with Gasteiger partial charge in [-0.25, -0.2) is 0 Å². The Morgan fingerprint density at radius 2 is 2.00 bits per heavy atom. The summed E-state index contributed by atoms with van der Waals surface area (Å²) in [5.41, 5.74) is 4.57. The predicted octanol–water partition coefficient (Wildman–Crippen LogP) is 3.42. The smallest absolute Gasteiger partial charge is 0.167 e. The highest BCUT2D eigenvalue weighted by molar-refractivity contribution is 6.31. The van der Waals surface area contributed by atoms with Crippen LogP contribution in [0.4, 0.5) is 0 Å². The Morgan fingerprint density at radius 3 is 2.53 bits per heavy atom. The van der Waals surface area contributed by atoms with E-state index in [1.165, 1.54) is 0 Å². The average Bonchev–Trinajstić information content (AvgIpc) is 2.59. The number of carbonyl (C=O) groups is 1. The normalized spacial score (nSPS) is 10.8. The van der Waals surface area contributed by atoms with Gasteiger partial charge in [0.1, 0.15) is 0 Å². The Morgan fingerprint density at radius 1 is 1.32 bits per heavy atom. The first kappa shape index (κ1) is 13.8. The van der Waals surface area contributed by atoms with E-state index in [1.54, 1.807) is 10.7 Å². The fourth-order valence-corrected chi connectivity index (χ4v) is 2.28. The van der Waals surface area contributed by atoms with Crippen LogP contribution in [0.25, 0.3) is 0 Å². The molecule has 2 aromatic rings. The second-order valence-corrected chi connectivity index (χ2v) is 5.24. The molecule has 3 nitrogen and oxygen atoms in total. The van der Waals surface area contributed by atoms with Crippen LogP contribution in [0.2, 0.25) is 5.02 Å². The minimum Gasteiger partial charge on any atom is -0.294 e. The molecule has 0 unspecified atom stereocenters. The number of carbonyl (C=O) groups excluding carboxylic acids is 1. The highest BCUT2D eigenvalue weighted by Gasteiger charge is 2.15. The maximum atomic E-state index is 12.3. The van der Waals surface area contributed by atoms with E-state index in [-0.39, 0.29) is 5.78 Å². The molecular formula is C15H17ClN2O. The molecule has 0 N–H and O–H groups in total. The number of benzene rings is 1. The predicted molar refractivity (Wildman–Crippen MR) is 76.9 cm³/mol. The van der Waals surface area contributed by atoms with Crippen molar-refractivity contribution in [3.05, 3.63) is 51.3 Å². The summed E-state index contributed by atoms with van der Waals surface area (Å²) in [5.74, 6) is 0.0705. The van der Waals surface area contributed by atoms with Gasteiger partial charge in [0.15, 0.2) is 5.78 Å². The Labute approximate surface area is 118 Å². The third-order valence-corrected chi connectivity index (χ3v) is 3.90. The van der Waals surface area contributed by atoms with Crippen LogP contribution in [0, 0.1) is 20.8 Å². The number of nitrogens with zero attached hydrogens (tertiary/aromatic N) is 2. The van der Waals surface area contributed by atoms with Crippen LogP contribution < -0.4 is 0 Å². The second-order valence-electron chi connectivity index (χ2n) is 4.84. The van der Waals surface area contributed by atoms with E-state index < -0.39 is 0 Å². The number of Topliss-reactive ketones (excluding diaryl/α,β-unsaturated/α-hetero) is 1. The third kappa shape index (κ3) is 2.71. The highest BCUT2D eigenvalue weighted by atomic mass is 35.5. The minimum absolute atomic E-state index is 0.0705. The molecule has 0 aliphatic heterocycles. The van der Waals surface area contributed by atoms with Crippen molar-refractivity contribution in [2.45, 2.75) is 27.2 Å². The van der Waals surface area contributed by atoms with Crippen molar-refractivity contribution >= 4 is 17.4 Å². The van der Waals surface area contributed by atoms with Crippen molar-refractivity contribution in [2.24, 2.45) is 7.05 Å². The molecule has 1 aromatic heterocycles. The summed E-state index contributed by atoms with van der Waals surface area (Å²) in [5, 5.41) is 4.96. The van der Waals surface area contributed by atoms with Gasteiger partial charge in [-0.15, -0.1) is 0 Å². The van der Waals surface area contributed by atoms with Crippen LogP contribution in [0.1, 0.15) is 32.9 Å². The van der Waals surface area contributed by atoms with Gasteiger partial charge in [0.25, 0.3) is 0 Å². The van der Waals surface area contributed by atoms with Gasteiger partial charge in [0.2, 0.25) is 0 Å². The van der Waals surface area contributed by atoms with Crippen LogP contribution in [-0.4, -0.2) is 15.6 Å². The molecule has 1 aromatic carbocycles. The Bertz CT molecular complexity index is 644. The van der Waals surface area contributed by atoms with E-state index in [9.17, 15) is 4.79 Å². The van der Waals surface area contributed by atoms with Crippen molar-refractivity contribution in [1.82, 2.24) is 9.78 Å². The molecule has 100 valence electrons. The van der Waals surface area contributed by atoms with E-state index in [0.29, 0.717) is 17.0 Å². The fraction of sp³-hybridized carbons (Fsp3) is 0.333. The summed E-state index contributed by atoms with van der Waals surface area (Å²) in [7, 11) is 1.89. The number of aromatic nitrogens is 2. The summed E-state index contributed by atoms with van der Waals surface area (Å²) < 4.78 is 1.81. The Kier molecular flexibility index (Phi) is 3.76. The van der Waals surface area contributed by atoms with E-state index in [2.05, 4.69) is 5.10 Å². The lowest BCUT2D eigenvalue weighted by atomic mass is 10.0. The van der Waals surface area contributed by atoms with Crippen molar-refractivity contribution in [1.29, 1.82) is 0 Å². The summed E-state index contributed by atoms with van der Waals surface area (Å²) >= 11 is 6.06. The molecule has 19 heavy (non-hydrogen) atoms. The molecule has 0 amide bonds. The van der Waals surface area contributed by atoms with Crippen LogP contribution in [0.15, 0.2) is 18.2 Å². The van der Waals surface area contributed by atoms with E-state index in [1.807, 2.05) is 40.0 Å². The standard InChI is InChI=1S/C15H17ClN2O/c1-9-5-6-12(7-14(9)16)15(19)8-13-10(2)17-18(4)11(13)3/h5-7H,8H2,1-4H3. The molecule has 2 rings (SSSR count). The van der Waals surface area contributed by atoms with E-state index in [4.69, 9.17) is 11.6 Å². The first-order chi connectivity index (χ1) is 8.90. The zero-order chi connectivity index (χ0) is 14.2. The van der Waals surface area contributed by atoms with Crippen molar-refractivity contribution < 1.29 is 4.79 Å². The number of aryl methyl sites for hydroxylation is 3. The van der Waals surface area contributed by atoms with Crippen LogP contribution >= 0.6 is 11.6 Å². The number of hydrogen-bond donors (Lipinski definition) is 0. The van der Waals surface area contributed by atoms with Crippen LogP contribution in [-0.2, 0) is 13.5 Å². The topological polar surface area (TPSA) is 34.9 Å². The molecule has 0 aliphatic carbocycles. The average molecular weight is 277 g/mol. The zero-order valence-corrected chi connectivity index (χ0v) is 12.4. The SMILES string of the molecule is Cc1ccc(C(=O)Cc2c(C)nn(C)c2C)cc1Cl. The van der Waals surface area contributed by atoms with Crippen molar-refractivity contribution in [2.75, 3.05) is 0 Å². The van der Waals surface area contributed by atoms with Gasteiger partial charge in [-0.3, -0.25) is 9.48 Å². The molecule has 1 heterocycles. The van der Waals surface area contributed by atoms with Gasteiger partial charge in [0.05, 0.1) is 5.69 Å². The summed E-state index contributed by atoms with van der Waals surface area (Å²) in [6, 6.07) is 5.43. The van der Waals surface area contributed by atoms with Crippen molar-refractivity contribution in [3.63, 3.8) is 0 Å². The lowest BCUT2D eigenvalue weighted by molar-refractivity contribution is 0.0992. The van der Waals surface area contributed by atoms with Gasteiger partial charge in [-0.1, -0.05) is 23.7 Å². The molecule has 0 saturated carbocycles. The van der Waals surface area contributed by atoms with Gasteiger partial charge in [0, 0.05) is 35.3 Å². The quantitative estimate of drug-likeness (QED) is 0.805. The largest absolute Gasteiger partial charge is 0.294 e. The molecule has 0 radical (unpaired) electrons. The second kappa shape index (κ2) is 5.17. The lowest BCUT2D eigenvalue weighted by Crippen LogP contribution is -2.05. The van der Waals surface area contributed by atoms with Gasteiger partial charge in [-0.05, 0) is 32.4 Å². The Hall–Kier alpha value is -1.61. The molecule has 4 heteroatoms. The first-order valence-electron chi connectivity index (χ1n) is 6.18. The molecule has 0 aliphatic rings. The van der Waals surface area contributed by atoms with E-state index >= 15 is 0 Å². The van der Waals surface area contributed by atoms with Crippen LogP contribution in [0.5, 0.6) is 0 Å². The minimum atomic E-state index is 0.0705. The monoisotopic (exact) mass is 276 g/mol. The number of halogens is 1.